The van der Waals surface area contributed by atoms with Gasteiger partial charge in [0.05, 0.1) is 0 Å². The molecule has 5 nitrogen and oxygen atoms in total. The number of piperidine rings is 2. The number of nitrogens with zero attached hydrogens (tertiary/aromatic N) is 2. The second kappa shape index (κ2) is 9.70. The van der Waals surface area contributed by atoms with Gasteiger partial charge in [-0.2, -0.15) is 0 Å². The van der Waals surface area contributed by atoms with Gasteiger partial charge in [-0.1, -0.05) is 48.5 Å². The van der Waals surface area contributed by atoms with Crippen LogP contribution in [-0.2, 0) is 4.74 Å². The van der Waals surface area contributed by atoms with Gasteiger partial charge in [0.15, 0.2) is 5.78 Å². The molecule has 1 aliphatic carbocycles. The molecule has 2 heterocycles. The third-order valence-electron chi connectivity index (χ3n) is 8.56. The molecule has 37 heavy (non-hydrogen) atoms. The van der Waals surface area contributed by atoms with E-state index in [1.165, 1.54) is 22.3 Å². The summed E-state index contributed by atoms with van der Waals surface area (Å²) in [6, 6.07) is 24.8. The summed E-state index contributed by atoms with van der Waals surface area (Å²) in [5.74, 6) is 0.216. The fourth-order valence-corrected chi connectivity index (χ4v) is 6.72. The highest BCUT2D eigenvalue weighted by Gasteiger charge is 2.44. The number of carbonyl (C=O) groups excluding carboxylic acids is 2. The van der Waals surface area contributed by atoms with E-state index in [4.69, 9.17) is 4.74 Å². The van der Waals surface area contributed by atoms with E-state index in [0.29, 0.717) is 6.61 Å². The highest BCUT2D eigenvalue weighted by Crippen LogP contribution is 2.45. The molecule has 2 bridgehead atoms. The Balaban J connectivity index is 1.14. The lowest BCUT2D eigenvalue weighted by Crippen LogP contribution is -2.55. The fraction of sp³-hybridized carbons (Fsp3) is 0.375. The first kappa shape index (κ1) is 23.8. The van der Waals surface area contributed by atoms with Gasteiger partial charge in [-0.05, 0) is 78.6 Å². The number of amides is 1. The molecule has 2 unspecified atom stereocenters. The Bertz CT molecular complexity index is 1260. The smallest absolute Gasteiger partial charge is 0.410 e. The van der Waals surface area contributed by atoms with Crippen molar-refractivity contribution in [1.29, 1.82) is 0 Å². The monoisotopic (exact) mass is 494 g/mol. The zero-order valence-electron chi connectivity index (χ0n) is 21.6. The van der Waals surface area contributed by atoms with Crippen molar-refractivity contribution >= 4 is 17.6 Å². The van der Waals surface area contributed by atoms with Crippen LogP contribution in [-0.4, -0.2) is 49.6 Å². The van der Waals surface area contributed by atoms with Gasteiger partial charge in [-0.3, -0.25) is 4.79 Å². The quantitative estimate of drug-likeness (QED) is 0.379. The largest absolute Gasteiger partial charge is 0.448 e. The van der Waals surface area contributed by atoms with Crippen molar-refractivity contribution in [3.8, 4) is 11.1 Å². The molecule has 3 aromatic carbocycles. The molecule has 0 saturated carbocycles. The maximum absolute atomic E-state index is 13.5. The maximum Gasteiger partial charge on any atom is 0.410 e. The van der Waals surface area contributed by atoms with E-state index in [-0.39, 0.29) is 35.8 Å². The standard InChI is InChI=1S/C32H34N2O3/c1-33(2)23-16-14-21(15-17-23)31(35)22-18-24-8-7-9-25(19-22)34(24)32(36)37-20-30-28-12-5-3-10-26(28)27-11-4-6-13-29(27)30/h3-6,10-17,22,24-25,30H,7-9,18-20H2,1-2H3. The summed E-state index contributed by atoms with van der Waals surface area (Å²) in [6.07, 6.45) is 4.18. The Morgan fingerprint density at radius 2 is 1.41 bits per heavy atom. The number of fused-ring (bicyclic) bond motifs is 5. The Kier molecular flexibility index (Phi) is 6.23. The molecule has 190 valence electrons. The van der Waals surface area contributed by atoms with Crippen LogP contribution in [0.2, 0.25) is 0 Å². The minimum atomic E-state index is -0.224. The topological polar surface area (TPSA) is 49.9 Å². The summed E-state index contributed by atoms with van der Waals surface area (Å²) in [5.41, 5.74) is 6.76. The van der Waals surface area contributed by atoms with Crippen LogP contribution < -0.4 is 4.90 Å². The highest BCUT2D eigenvalue weighted by molar-refractivity contribution is 5.98. The molecule has 0 radical (unpaired) electrons. The lowest BCUT2D eigenvalue weighted by molar-refractivity contribution is 0.00651. The van der Waals surface area contributed by atoms with Gasteiger partial charge in [0, 0.05) is 49.3 Å². The van der Waals surface area contributed by atoms with Gasteiger partial charge in [0.1, 0.15) is 6.61 Å². The third-order valence-corrected chi connectivity index (χ3v) is 8.56. The molecule has 0 N–H and O–H groups in total. The van der Waals surface area contributed by atoms with Gasteiger partial charge >= 0.3 is 6.09 Å². The molecule has 0 spiro atoms. The maximum atomic E-state index is 13.5. The van der Waals surface area contributed by atoms with Crippen molar-refractivity contribution in [1.82, 2.24) is 4.90 Å². The van der Waals surface area contributed by atoms with Crippen LogP contribution in [0.5, 0.6) is 0 Å². The number of benzene rings is 3. The Morgan fingerprint density at radius 3 is 1.97 bits per heavy atom. The zero-order chi connectivity index (χ0) is 25.5. The Hall–Kier alpha value is -3.60. The number of carbonyl (C=O) groups is 2. The molecule has 3 aliphatic rings. The van der Waals surface area contributed by atoms with Crippen LogP contribution in [0, 0.1) is 5.92 Å². The lowest BCUT2D eigenvalue weighted by atomic mass is 9.76. The number of hydrogen-bond acceptors (Lipinski definition) is 4. The molecular weight excluding hydrogens is 460 g/mol. The number of rotatable bonds is 5. The predicted octanol–water partition coefficient (Wildman–Crippen LogP) is 6.52. The van der Waals surface area contributed by atoms with Gasteiger partial charge in [0.2, 0.25) is 0 Å². The first-order valence-electron chi connectivity index (χ1n) is 13.5. The summed E-state index contributed by atoms with van der Waals surface area (Å²) >= 11 is 0. The molecule has 2 saturated heterocycles. The van der Waals surface area contributed by atoms with E-state index in [0.717, 1.165) is 43.4 Å². The number of Topliss-reactive ketones (excluding diaryl/α,β-unsaturated/α-hetero) is 1. The number of anilines is 1. The van der Waals surface area contributed by atoms with Crippen molar-refractivity contribution in [3.05, 3.63) is 89.5 Å². The van der Waals surface area contributed by atoms with Gasteiger partial charge in [0.25, 0.3) is 0 Å². The predicted molar refractivity (Wildman–Crippen MR) is 146 cm³/mol. The molecule has 2 atom stereocenters. The second-order valence-corrected chi connectivity index (χ2v) is 10.9. The normalized spacial score (nSPS) is 22.2. The molecule has 2 fully saturated rings. The van der Waals surface area contributed by atoms with Crippen LogP contribution in [0.15, 0.2) is 72.8 Å². The average molecular weight is 495 g/mol. The van der Waals surface area contributed by atoms with Crippen LogP contribution in [0.4, 0.5) is 10.5 Å². The van der Waals surface area contributed by atoms with E-state index >= 15 is 0 Å². The molecule has 0 aromatic heterocycles. The summed E-state index contributed by atoms with van der Waals surface area (Å²) in [7, 11) is 3.99. The lowest BCUT2D eigenvalue weighted by Gasteiger charge is -2.47. The van der Waals surface area contributed by atoms with Gasteiger partial charge < -0.3 is 14.5 Å². The molecule has 5 heteroatoms. The van der Waals surface area contributed by atoms with Gasteiger partial charge in [-0.15, -0.1) is 0 Å². The summed E-state index contributed by atoms with van der Waals surface area (Å²) < 4.78 is 6.03. The van der Waals surface area contributed by atoms with E-state index in [1.54, 1.807) is 0 Å². The molecule has 1 amide bonds. The molecular formula is C32H34N2O3. The summed E-state index contributed by atoms with van der Waals surface area (Å²) in [5, 5.41) is 0. The first-order valence-corrected chi connectivity index (χ1v) is 13.5. The Morgan fingerprint density at radius 1 is 0.838 bits per heavy atom. The molecule has 2 aliphatic heterocycles. The van der Waals surface area contributed by atoms with Crippen molar-refractivity contribution in [2.24, 2.45) is 5.92 Å². The van der Waals surface area contributed by atoms with Crippen molar-refractivity contribution < 1.29 is 14.3 Å². The second-order valence-electron chi connectivity index (χ2n) is 10.9. The third kappa shape index (κ3) is 4.30. The average Bonchev–Trinajstić information content (AvgIpc) is 3.24. The Labute approximate surface area is 219 Å². The van der Waals surface area contributed by atoms with E-state index in [9.17, 15) is 9.59 Å². The highest BCUT2D eigenvalue weighted by atomic mass is 16.6. The first-order chi connectivity index (χ1) is 18.0. The summed E-state index contributed by atoms with van der Waals surface area (Å²) in [6.45, 7) is 0.337. The van der Waals surface area contributed by atoms with Crippen molar-refractivity contribution in [2.75, 3.05) is 25.6 Å². The van der Waals surface area contributed by atoms with E-state index < -0.39 is 0 Å². The fourth-order valence-electron chi connectivity index (χ4n) is 6.72. The molecule has 3 aromatic rings. The van der Waals surface area contributed by atoms with E-state index in [1.807, 2.05) is 48.2 Å². The van der Waals surface area contributed by atoms with Crippen LogP contribution in [0.1, 0.15) is 59.5 Å². The number of ketones is 1. The molecule has 6 rings (SSSR count). The minimum absolute atomic E-state index is 0.0434. The zero-order valence-corrected chi connectivity index (χ0v) is 21.6. The van der Waals surface area contributed by atoms with E-state index in [2.05, 4.69) is 48.5 Å². The minimum Gasteiger partial charge on any atom is -0.448 e. The number of ether oxygens (including phenoxy) is 1. The SMILES string of the molecule is CN(C)c1ccc(C(=O)C2CC3CCCC(C2)N3C(=O)OCC2c3ccccc3-c3ccccc32)cc1. The summed E-state index contributed by atoms with van der Waals surface area (Å²) in [4.78, 5) is 30.8. The number of hydrogen-bond donors (Lipinski definition) is 0. The van der Waals surface area contributed by atoms with Crippen LogP contribution >= 0.6 is 0 Å². The van der Waals surface area contributed by atoms with Gasteiger partial charge in [-0.25, -0.2) is 4.79 Å². The van der Waals surface area contributed by atoms with Crippen LogP contribution in [0.25, 0.3) is 11.1 Å². The van der Waals surface area contributed by atoms with Crippen LogP contribution in [0.3, 0.4) is 0 Å². The van der Waals surface area contributed by atoms with Crippen molar-refractivity contribution in [2.45, 2.75) is 50.1 Å². The van der Waals surface area contributed by atoms with Crippen molar-refractivity contribution in [3.63, 3.8) is 0 Å².